The van der Waals surface area contributed by atoms with Crippen LogP contribution in [0.3, 0.4) is 0 Å². The first-order valence-corrected chi connectivity index (χ1v) is 6.01. The number of carbonyl (C=O) groups excluding carboxylic acids is 2. The minimum atomic E-state index is -3.14. The first-order valence-electron chi connectivity index (χ1n) is 5.63. The zero-order valence-electron chi connectivity index (χ0n) is 9.78. The molecule has 19 heavy (non-hydrogen) atoms. The van der Waals surface area contributed by atoms with Gasteiger partial charge in [0, 0.05) is 23.7 Å². The summed E-state index contributed by atoms with van der Waals surface area (Å²) in [6, 6.07) is 5.27. The first kappa shape index (κ1) is 13.7. The Kier molecular flexibility index (Phi) is 3.99. The fraction of sp³-hybridized carbons (Fsp3) is 0.333. The predicted octanol–water partition coefficient (Wildman–Crippen LogP) is 1.60. The van der Waals surface area contributed by atoms with Gasteiger partial charge in [-0.25, -0.2) is 0 Å². The highest BCUT2D eigenvalue weighted by molar-refractivity contribution is 6.31. The van der Waals surface area contributed by atoms with Gasteiger partial charge in [-0.2, -0.15) is 8.78 Å². The summed E-state index contributed by atoms with van der Waals surface area (Å²) in [5.41, 5.74) is 0.343. The summed E-state index contributed by atoms with van der Waals surface area (Å²) in [4.78, 5) is 24.2. The topological polar surface area (TPSA) is 49.4 Å². The Hall–Kier alpha value is -1.69. The van der Waals surface area contributed by atoms with E-state index in [1.54, 1.807) is 24.3 Å². The van der Waals surface area contributed by atoms with Crippen LogP contribution in [0.25, 0.3) is 0 Å². The smallest absolute Gasteiger partial charge is 0.315 e. The highest BCUT2D eigenvalue weighted by Gasteiger charge is 2.38. The number of amides is 2. The van der Waals surface area contributed by atoms with Gasteiger partial charge in [-0.3, -0.25) is 9.59 Å². The minimum absolute atomic E-state index is 0.0325. The van der Waals surface area contributed by atoms with E-state index in [1.165, 1.54) is 0 Å². The van der Waals surface area contributed by atoms with Gasteiger partial charge in [-0.05, 0) is 6.07 Å². The summed E-state index contributed by atoms with van der Waals surface area (Å²) in [6.45, 7) is 0.184. The lowest BCUT2D eigenvalue weighted by molar-refractivity contribution is -0.152. The van der Waals surface area contributed by atoms with Crippen molar-refractivity contribution in [1.29, 1.82) is 0 Å². The number of nitrogens with one attached hydrogen (secondary N) is 1. The van der Waals surface area contributed by atoms with E-state index in [1.807, 2.05) is 0 Å². The standard InChI is InChI=1S/C12H11ClF2N2O2/c13-8-4-2-1-3-7(8)9-11(18)16-5-6-17(9)12(19)10(14)15/h1-4,9-10H,5-6H2,(H,16,18). The van der Waals surface area contributed by atoms with Crippen LogP contribution in [0.4, 0.5) is 8.78 Å². The maximum atomic E-state index is 12.6. The highest BCUT2D eigenvalue weighted by atomic mass is 35.5. The normalized spacial score (nSPS) is 19.5. The Morgan fingerprint density at radius 2 is 2.11 bits per heavy atom. The lowest BCUT2D eigenvalue weighted by Crippen LogP contribution is -2.53. The van der Waals surface area contributed by atoms with Crippen molar-refractivity contribution in [3.63, 3.8) is 0 Å². The third kappa shape index (κ3) is 2.68. The average molecular weight is 289 g/mol. The van der Waals surface area contributed by atoms with E-state index < -0.39 is 24.3 Å². The third-order valence-corrected chi connectivity index (χ3v) is 3.23. The molecule has 1 unspecified atom stereocenters. The van der Waals surface area contributed by atoms with E-state index in [0.29, 0.717) is 5.56 Å². The van der Waals surface area contributed by atoms with Gasteiger partial charge in [-0.1, -0.05) is 29.8 Å². The molecule has 1 aromatic rings. The fourth-order valence-corrected chi connectivity index (χ4v) is 2.27. The van der Waals surface area contributed by atoms with Gasteiger partial charge in [0.05, 0.1) is 0 Å². The van der Waals surface area contributed by atoms with Crippen LogP contribution in [0.1, 0.15) is 11.6 Å². The molecule has 1 saturated heterocycles. The SMILES string of the molecule is O=C1NCCN(C(=O)C(F)F)C1c1ccccc1Cl. The molecular formula is C12H11ClF2N2O2. The van der Waals surface area contributed by atoms with Crippen molar-refractivity contribution >= 4 is 23.4 Å². The zero-order valence-corrected chi connectivity index (χ0v) is 10.5. The van der Waals surface area contributed by atoms with Crippen LogP contribution in [-0.4, -0.2) is 36.2 Å². The van der Waals surface area contributed by atoms with Crippen molar-refractivity contribution < 1.29 is 18.4 Å². The molecule has 0 bridgehead atoms. The summed E-state index contributed by atoms with van der Waals surface area (Å²) in [6.07, 6.45) is -3.14. The Labute approximate surface area is 113 Å². The molecule has 1 atom stereocenters. The molecule has 1 fully saturated rings. The second-order valence-corrected chi connectivity index (χ2v) is 4.45. The second-order valence-electron chi connectivity index (χ2n) is 4.05. The molecule has 0 radical (unpaired) electrons. The molecule has 7 heteroatoms. The van der Waals surface area contributed by atoms with Crippen molar-refractivity contribution in [3.8, 4) is 0 Å². The first-order chi connectivity index (χ1) is 9.02. The van der Waals surface area contributed by atoms with Crippen molar-refractivity contribution in [2.75, 3.05) is 13.1 Å². The van der Waals surface area contributed by atoms with Gasteiger partial charge in [0.25, 0.3) is 5.91 Å². The molecule has 1 N–H and O–H groups in total. The molecule has 0 spiro atoms. The monoisotopic (exact) mass is 288 g/mol. The highest BCUT2D eigenvalue weighted by Crippen LogP contribution is 2.29. The maximum absolute atomic E-state index is 12.6. The summed E-state index contributed by atoms with van der Waals surface area (Å²) in [7, 11) is 0. The molecule has 102 valence electrons. The Bertz CT molecular complexity index is 510. The predicted molar refractivity (Wildman–Crippen MR) is 64.9 cm³/mol. The van der Waals surface area contributed by atoms with Crippen molar-refractivity contribution in [3.05, 3.63) is 34.9 Å². The van der Waals surface area contributed by atoms with Crippen molar-refractivity contribution in [1.82, 2.24) is 10.2 Å². The molecule has 1 heterocycles. The summed E-state index contributed by atoms with van der Waals surface area (Å²) in [5, 5.41) is 2.81. The van der Waals surface area contributed by atoms with Crippen LogP contribution in [0.15, 0.2) is 24.3 Å². The summed E-state index contributed by atoms with van der Waals surface area (Å²) >= 11 is 5.97. The largest absolute Gasteiger partial charge is 0.352 e. The van der Waals surface area contributed by atoms with E-state index in [4.69, 9.17) is 11.6 Å². The van der Waals surface area contributed by atoms with Gasteiger partial charge in [0.2, 0.25) is 5.91 Å². The molecule has 1 aliphatic heterocycles. The summed E-state index contributed by atoms with van der Waals surface area (Å²) in [5.74, 6) is -1.87. The number of piperazine rings is 1. The van der Waals surface area contributed by atoms with Crippen LogP contribution >= 0.6 is 11.6 Å². The zero-order chi connectivity index (χ0) is 14.0. The fourth-order valence-electron chi connectivity index (χ4n) is 2.04. The van der Waals surface area contributed by atoms with E-state index in [9.17, 15) is 18.4 Å². The number of halogens is 3. The quantitative estimate of drug-likeness (QED) is 0.899. The Morgan fingerprint density at radius 1 is 1.42 bits per heavy atom. The van der Waals surface area contributed by atoms with Crippen LogP contribution in [0, 0.1) is 0 Å². The Morgan fingerprint density at radius 3 is 2.74 bits per heavy atom. The van der Waals surface area contributed by atoms with Crippen molar-refractivity contribution in [2.24, 2.45) is 0 Å². The van der Waals surface area contributed by atoms with Gasteiger partial charge < -0.3 is 10.2 Å². The molecule has 2 amide bonds. The molecule has 0 aliphatic carbocycles. The van der Waals surface area contributed by atoms with E-state index in [2.05, 4.69) is 5.32 Å². The summed E-state index contributed by atoms with van der Waals surface area (Å²) < 4.78 is 25.1. The van der Waals surface area contributed by atoms with Crippen LogP contribution in [0.5, 0.6) is 0 Å². The van der Waals surface area contributed by atoms with Crippen molar-refractivity contribution in [2.45, 2.75) is 12.5 Å². The van der Waals surface area contributed by atoms with Crippen LogP contribution in [-0.2, 0) is 9.59 Å². The van der Waals surface area contributed by atoms with E-state index >= 15 is 0 Å². The number of carbonyl (C=O) groups is 2. The lowest BCUT2D eigenvalue weighted by Gasteiger charge is -2.35. The number of hydrogen-bond acceptors (Lipinski definition) is 2. The lowest BCUT2D eigenvalue weighted by atomic mass is 10.0. The molecule has 0 aromatic heterocycles. The number of benzene rings is 1. The number of nitrogens with zero attached hydrogens (tertiary/aromatic N) is 1. The minimum Gasteiger partial charge on any atom is -0.352 e. The number of alkyl halides is 2. The molecular weight excluding hydrogens is 278 g/mol. The second kappa shape index (κ2) is 5.52. The van der Waals surface area contributed by atoms with Gasteiger partial charge in [0.15, 0.2) is 0 Å². The van der Waals surface area contributed by atoms with Gasteiger partial charge in [-0.15, -0.1) is 0 Å². The van der Waals surface area contributed by atoms with Gasteiger partial charge >= 0.3 is 6.43 Å². The molecule has 2 rings (SSSR count). The molecule has 0 saturated carbocycles. The van der Waals surface area contributed by atoms with Crippen LogP contribution in [0.2, 0.25) is 5.02 Å². The number of hydrogen-bond donors (Lipinski definition) is 1. The maximum Gasteiger partial charge on any atom is 0.315 e. The average Bonchev–Trinajstić information content (AvgIpc) is 2.38. The number of rotatable bonds is 2. The van der Waals surface area contributed by atoms with Crippen LogP contribution < -0.4 is 5.32 Å². The Balaban J connectivity index is 2.40. The third-order valence-electron chi connectivity index (χ3n) is 2.88. The van der Waals surface area contributed by atoms with E-state index in [-0.39, 0.29) is 18.1 Å². The van der Waals surface area contributed by atoms with E-state index in [0.717, 1.165) is 4.90 Å². The molecule has 1 aromatic carbocycles. The molecule has 4 nitrogen and oxygen atoms in total. The van der Waals surface area contributed by atoms with Gasteiger partial charge in [0.1, 0.15) is 6.04 Å². The molecule has 1 aliphatic rings.